The first-order chi connectivity index (χ1) is 9.72. The van der Waals surface area contributed by atoms with E-state index in [0.717, 1.165) is 18.2 Å². The first kappa shape index (κ1) is 14.9. The summed E-state index contributed by atoms with van der Waals surface area (Å²) in [6.07, 6.45) is 0. The van der Waals surface area contributed by atoms with Crippen molar-refractivity contribution in [2.24, 2.45) is 0 Å². The molecule has 1 heterocycles. The van der Waals surface area contributed by atoms with E-state index >= 15 is 0 Å². The number of hydrogen-bond acceptors (Lipinski definition) is 6. The molecule has 0 amide bonds. The molecule has 112 valence electrons. The molecule has 10 heteroatoms. The maximum Gasteiger partial charge on any atom is 0.306 e. The maximum atomic E-state index is 13.2. The third-order valence-electron chi connectivity index (χ3n) is 2.63. The van der Waals surface area contributed by atoms with Crippen LogP contribution >= 0.6 is 0 Å². The molecular weight excluding hydrogens is 305 g/mol. The molecule has 21 heavy (non-hydrogen) atoms. The van der Waals surface area contributed by atoms with E-state index in [4.69, 9.17) is 4.52 Å². The van der Waals surface area contributed by atoms with Gasteiger partial charge in [-0.2, -0.15) is 4.39 Å². The van der Waals surface area contributed by atoms with Crippen LogP contribution in [0.15, 0.2) is 27.6 Å². The Morgan fingerprint density at radius 1 is 1.38 bits per heavy atom. The largest absolute Gasteiger partial charge is 0.360 e. The van der Waals surface area contributed by atoms with Gasteiger partial charge in [-0.05, 0) is 26.0 Å². The summed E-state index contributed by atoms with van der Waals surface area (Å²) in [5.74, 6) is -0.975. The van der Waals surface area contributed by atoms with Crippen molar-refractivity contribution < 1.29 is 22.3 Å². The van der Waals surface area contributed by atoms with E-state index < -0.39 is 26.5 Å². The molecule has 0 unspecified atom stereocenters. The Balaban J connectivity index is 2.42. The van der Waals surface area contributed by atoms with Crippen LogP contribution in [0.4, 0.5) is 15.8 Å². The van der Waals surface area contributed by atoms with Gasteiger partial charge >= 0.3 is 5.69 Å². The first-order valence-electron chi connectivity index (χ1n) is 5.62. The lowest BCUT2D eigenvalue weighted by Crippen LogP contribution is -2.14. The zero-order chi connectivity index (χ0) is 15.8. The summed E-state index contributed by atoms with van der Waals surface area (Å²) < 4.78 is 44.5. The molecule has 0 fully saturated rings. The van der Waals surface area contributed by atoms with E-state index in [2.05, 4.69) is 9.88 Å². The number of nitro groups is 1. The van der Waals surface area contributed by atoms with Crippen molar-refractivity contribution >= 4 is 21.4 Å². The van der Waals surface area contributed by atoms with Crippen molar-refractivity contribution in [1.82, 2.24) is 5.16 Å². The Kier molecular flexibility index (Phi) is 3.64. The van der Waals surface area contributed by atoms with Crippen LogP contribution in [0.5, 0.6) is 0 Å². The van der Waals surface area contributed by atoms with Gasteiger partial charge in [0.1, 0.15) is 5.69 Å². The monoisotopic (exact) mass is 315 g/mol. The van der Waals surface area contributed by atoms with E-state index in [1.807, 2.05) is 0 Å². The third kappa shape index (κ3) is 2.84. The molecule has 0 bridgehead atoms. The fourth-order valence-corrected chi connectivity index (χ4v) is 3.16. The van der Waals surface area contributed by atoms with Gasteiger partial charge in [0.15, 0.2) is 10.7 Å². The lowest BCUT2D eigenvalue weighted by molar-refractivity contribution is -0.387. The Labute approximate surface area is 118 Å². The maximum absolute atomic E-state index is 13.2. The molecular formula is C11H10FN3O5S. The number of aryl methyl sites for hydroxylation is 2. The average molecular weight is 315 g/mol. The molecule has 0 aliphatic heterocycles. The quantitative estimate of drug-likeness (QED) is 0.682. The van der Waals surface area contributed by atoms with Crippen molar-refractivity contribution in [3.05, 3.63) is 45.6 Å². The zero-order valence-corrected chi connectivity index (χ0v) is 11.8. The number of nitro benzene ring substituents is 1. The van der Waals surface area contributed by atoms with Crippen molar-refractivity contribution in [1.29, 1.82) is 0 Å². The van der Waals surface area contributed by atoms with Gasteiger partial charge in [-0.15, -0.1) is 0 Å². The summed E-state index contributed by atoms with van der Waals surface area (Å²) >= 11 is 0. The van der Waals surface area contributed by atoms with Gasteiger partial charge in [-0.3, -0.25) is 14.8 Å². The van der Waals surface area contributed by atoms with Gasteiger partial charge < -0.3 is 4.52 Å². The van der Waals surface area contributed by atoms with Gasteiger partial charge in [0.2, 0.25) is 5.82 Å². The minimum absolute atomic E-state index is 0.0802. The number of anilines is 1. The molecule has 1 aromatic carbocycles. The topological polar surface area (TPSA) is 115 Å². The van der Waals surface area contributed by atoms with Gasteiger partial charge in [0.25, 0.3) is 10.0 Å². The molecule has 0 radical (unpaired) electrons. The lowest BCUT2D eigenvalue weighted by Gasteiger charge is -2.07. The molecule has 2 aromatic rings. The van der Waals surface area contributed by atoms with Gasteiger partial charge in [-0.25, -0.2) is 8.42 Å². The fraction of sp³-hybridized carbons (Fsp3) is 0.182. The average Bonchev–Trinajstić information content (AvgIpc) is 2.71. The summed E-state index contributed by atoms with van der Waals surface area (Å²) in [6, 6.07) is 2.69. The molecule has 1 N–H and O–H groups in total. The van der Waals surface area contributed by atoms with Gasteiger partial charge in [0, 0.05) is 6.07 Å². The lowest BCUT2D eigenvalue weighted by atomic mass is 10.3. The van der Waals surface area contributed by atoms with Crippen molar-refractivity contribution in [3.63, 3.8) is 0 Å². The molecule has 2 rings (SSSR count). The third-order valence-corrected chi connectivity index (χ3v) is 4.26. The second-order valence-electron chi connectivity index (χ2n) is 4.18. The number of aromatic nitrogens is 1. The minimum atomic E-state index is -4.04. The summed E-state index contributed by atoms with van der Waals surface area (Å²) in [4.78, 5) is 9.54. The van der Waals surface area contributed by atoms with Gasteiger partial charge in [0.05, 0.1) is 10.6 Å². The number of hydrogen-bond donors (Lipinski definition) is 1. The van der Waals surface area contributed by atoms with Crippen LogP contribution in [0.2, 0.25) is 0 Å². The van der Waals surface area contributed by atoms with E-state index in [9.17, 15) is 22.9 Å². The highest BCUT2D eigenvalue weighted by molar-refractivity contribution is 7.92. The molecule has 0 saturated carbocycles. The Morgan fingerprint density at radius 2 is 2.05 bits per heavy atom. The summed E-state index contributed by atoms with van der Waals surface area (Å²) in [5, 5.41) is 14.2. The summed E-state index contributed by atoms with van der Waals surface area (Å²) in [6.45, 7) is 2.86. The number of nitrogens with one attached hydrogen (secondary N) is 1. The van der Waals surface area contributed by atoms with Crippen LogP contribution < -0.4 is 4.72 Å². The van der Waals surface area contributed by atoms with E-state index in [-0.39, 0.29) is 22.0 Å². The van der Waals surface area contributed by atoms with Crippen molar-refractivity contribution in [2.75, 3.05) is 4.72 Å². The zero-order valence-electron chi connectivity index (χ0n) is 11.0. The standard InChI is InChI=1S/C11H10FN3O5S/c1-6-11(7(2)20-13-6)21(18,19)14-8-3-4-9(12)10(5-8)15(16)17/h3-5,14H,1-2H3. The first-order valence-corrected chi connectivity index (χ1v) is 7.10. The number of halogens is 1. The van der Waals surface area contributed by atoms with E-state index in [0.29, 0.717) is 0 Å². The Hall–Kier alpha value is -2.49. The highest BCUT2D eigenvalue weighted by Crippen LogP contribution is 2.26. The Bertz CT molecular complexity index is 796. The molecule has 0 atom stereocenters. The SMILES string of the molecule is Cc1noc(C)c1S(=O)(=O)Nc1ccc(F)c([N+](=O)[O-])c1. The number of sulfonamides is 1. The predicted molar refractivity (Wildman–Crippen MR) is 69.8 cm³/mol. The van der Waals surface area contributed by atoms with E-state index in [1.54, 1.807) is 0 Å². The molecule has 0 aliphatic rings. The van der Waals surface area contributed by atoms with Crippen molar-refractivity contribution in [2.45, 2.75) is 18.7 Å². The molecule has 0 saturated heterocycles. The van der Waals surface area contributed by atoms with Crippen LogP contribution in [-0.2, 0) is 10.0 Å². The minimum Gasteiger partial charge on any atom is -0.360 e. The van der Waals surface area contributed by atoms with E-state index in [1.165, 1.54) is 13.8 Å². The van der Waals surface area contributed by atoms with Crippen LogP contribution in [0.25, 0.3) is 0 Å². The summed E-state index contributed by atoms with van der Waals surface area (Å²) in [7, 11) is -4.04. The second-order valence-corrected chi connectivity index (χ2v) is 5.80. The number of benzene rings is 1. The highest BCUT2D eigenvalue weighted by atomic mass is 32.2. The smallest absolute Gasteiger partial charge is 0.306 e. The van der Waals surface area contributed by atoms with Crippen LogP contribution in [0, 0.1) is 29.8 Å². The molecule has 0 spiro atoms. The normalized spacial score (nSPS) is 11.4. The fourth-order valence-electron chi connectivity index (χ4n) is 1.78. The van der Waals surface area contributed by atoms with Crippen LogP contribution in [0.3, 0.4) is 0 Å². The Morgan fingerprint density at radius 3 is 2.57 bits per heavy atom. The highest BCUT2D eigenvalue weighted by Gasteiger charge is 2.25. The second kappa shape index (κ2) is 5.13. The van der Waals surface area contributed by atoms with Crippen molar-refractivity contribution in [3.8, 4) is 0 Å². The summed E-state index contributed by atoms with van der Waals surface area (Å²) in [5.41, 5.74) is -0.811. The predicted octanol–water partition coefficient (Wildman–Crippen LogP) is 2.14. The number of nitrogens with zero attached hydrogens (tertiary/aromatic N) is 2. The molecule has 8 nitrogen and oxygen atoms in total. The van der Waals surface area contributed by atoms with Gasteiger partial charge in [-0.1, -0.05) is 5.16 Å². The number of rotatable bonds is 4. The molecule has 1 aromatic heterocycles. The van der Waals surface area contributed by atoms with Crippen LogP contribution in [-0.4, -0.2) is 18.5 Å². The van der Waals surface area contributed by atoms with Crippen LogP contribution in [0.1, 0.15) is 11.5 Å². The molecule has 0 aliphatic carbocycles.